The van der Waals surface area contributed by atoms with Crippen LogP contribution >= 0.6 is 22.2 Å². The summed E-state index contributed by atoms with van der Waals surface area (Å²) in [5.74, 6) is 1.50. The van der Waals surface area contributed by atoms with Crippen LogP contribution in [0.3, 0.4) is 0 Å². The van der Waals surface area contributed by atoms with Crippen LogP contribution in [0, 0.1) is 0 Å². The summed E-state index contributed by atoms with van der Waals surface area (Å²) in [6, 6.07) is 0. The molecule has 0 saturated heterocycles. The smallest absolute Gasteiger partial charge is 0.291 e. The minimum absolute atomic E-state index is 0.246. The Balaban J connectivity index is 1.53. The zero-order valence-corrected chi connectivity index (χ0v) is 23.5. The molecule has 0 amide bonds. The van der Waals surface area contributed by atoms with E-state index in [1.54, 1.807) is 58.0 Å². The Bertz CT molecular complexity index is 2400. The highest BCUT2D eigenvalue weighted by atomic mass is 35.7. The Kier molecular flexibility index (Phi) is 4.21. The summed E-state index contributed by atoms with van der Waals surface area (Å²) in [6.07, 6.45) is 12.4. The van der Waals surface area contributed by atoms with Gasteiger partial charge in [-0.15, -0.1) is 0 Å². The van der Waals surface area contributed by atoms with Crippen LogP contribution in [0.2, 0.25) is 0 Å². The van der Waals surface area contributed by atoms with E-state index in [0.717, 1.165) is 0 Å². The molecule has 0 radical (unpaired) electrons. The molecule has 0 atom stereocenters. The van der Waals surface area contributed by atoms with Crippen LogP contribution < -0.4 is 11.0 Å². The van der Waals surface area contributed by atoms with Crippen molar-refractivity contribution < 1.29 is 0 Å². The minimum Gasteiger partial charge on any atom is -0.291 e. The Hall–Kier alpha value is -5.52. The fourth-order valence-electron chi connectivity index (χ4n) is 5.43. The average molecular weight is 619 g/mol. The average Bonchev–Trinajstić information content (AvgIpc) is 3.74. The fraction of sp³-hybridized carbons (Fsp3) is 0. The van der Waals surface area contributed by atoms with E-state index in [4.69, 9.17) is 52.1 Å². The van der Waals surface area contributed by atoms with Gasteiger partial charge in [0, 0.05) is 49.6 Å². The summed E-state index contributed by atoms with van der Waals surface area (Å²) in [7, 11) is -4.09. The summed E-state index contributed by atoms with van der Waals surface area (Å²) in [6.45, 7) is 0. The summed E-state index contributed by atoms with van der Waals surface area (Å²) in [4.78, 5) is 65.6. The van der Waals surface area contributed by atoms with Crippen molar-refractivity contribution in [3.63, 3.8) is 0 Å². The molecule has 0 aliphatic carbocycles. The maximum Gasteiger partial charge on any atom is 0.484 e. The number of aromatic nitrogens is 10. The van der Waals surface area contributed by atoms with Gasteiger partial charge in [-0.05, 0) is 0 Å². The fourth-order valence-corrected chi connectivity index (χ4v) is 9.20. The first-order valence-corrected chi connectivity index (χ1v) is 16.5. The van der Waals surface area contributed by atoms with Crippen molar-refractivity contribution in [2.24, 2.45) is 30.0 Å². The second kappa shape index (κ2) is 7.85. The Morgan fingerprint density at radius 3 is 1.16 bits per heavy atom. The van der Waals surface area contributed by atoms with E-state index in [2.05, 4.69) is 39.9 Å². The van der Waals surface area contributed by atoms with Crippen LogP contribution in [0.15, 0.2) is 79.5 Å². The molecule has 4 aliphatic rings. The Morgan fingerprint density at radius 1 is 0.395 bits per heavy atom. The lowest BCUT2D eigenvalue weighted by atomic mass is 10.3. The highest BCUT2D eigenvalue weighted by Gasteiger charge is 2.46. The van der Waals surface area contributed by atoms with E-state index < -0.39 is 7.02 Å². The number of halogens is 2. The van der Waals surface area contributed by atoms with Crippen molar-refractivity contribution in [2.75, 3.05) is 0 Å². The largest absolute Gasteiger partial charge is 0.484 e. The van der Waals surface area contributed by atoms with E-state index in [1.165, 1.54) is 0 Å². The zero-order chi connectivity index (χ0) is 28.4. The molecular formula is C24H8Cl2N16Si. The predicted molar refractivity (Wildman–Crippen MR) is 155 cm³/mol. The van der Waals surface area contributed by atoms with Gasteiger partial charge in [-0.1, -0.05) is 22.2 Å². The molecule has 4 aliphatic heterocycles. The minimum atomic E-state index is -4.09. The first kappa shape index (κ1) is 23.1. The molecule has 0 N–H and O–H groups in total. The molecule has 19 heteroatoms. The van der Waals surface area contributed by atoms with Crippen LogP contribution in [0.25, 0.3) is 22.1 Å². The maximum absolute atomic E-state index is 7.60. The number of aliphatic imine (C=N–C) groups is 4. The summed E-state index contributed by atoms with van der Waals surface area (Å²) in [5.41, 5.74) is 3.75. The standard InChI is InChI=1S/C24H8Cl2N16Si/c25-43(26)41-21-13-14(32-6-5-31-13)23(41)39-19-11-12(30-4-3-29-11)20(36-19)40-24-16-15(33-7-8-34-16)22(42(24)43)38-18-10-9(17(35-18)37-21)27-1-2-28-10/h1-8H. The lowest BCUT2D eigenvalue weighted by Crippen LogP contribution is -2.51. The number of fused-ring (bicyclic) bond motifs is 14. The molecule has 43 heavy (non-hydrogen) atoms. The van der Waals surface area contributed by atoms with E-state index >= 15 is 0 Å². The molecule has 10 heterocycles. The first-order valence-electron chi connectivity index (χ1n) is 12.6. The quantitative estimate of drug-likeness (QED) is 0.178. The van der Waals surface area contributed by atoms with Crippen molar-refractivity contribution in [3.05, 3.63) is 83.3 Å². The van der Waals surface area contributed by atoms with E-state index in [0.29, 0.717) is 44.8 Å². The third-order valence-electron chi connectivity index (χ3n) is 7.14. The topological polar surface area (TPSA) is 187 Å². The Labute approximate surface area is 247 Å². The number of hydrogen-bond acceptors (Lipinski definition) is 14. The second-order valence-corrected chi connectivity index (χ2v) is 15.1. The van der Waals surface area contributed by atoms with Gasteiger partial charge in [0.05, 0.1) is 0 Å². The van der Waals surface area contributed by atoms with Crippen molar-refractivity contribution >= 4 is 86.2 Å². The van der Waals surface area contributed by atoms with Gasteiger partial charge >= 0.3 is 7.02 Å². The van der Waals surface area contributed by atoms with Crippen LogP contribution in [0.1, 0.15) is 22.8 Å². The summed E-state index contributed by atoms with van der Waals surface area (Å²) >= 11 is 15.2. The van der Waals surface area contributed by atoms with Gasteiger partial charge in [-0.25, -0.2) is 69.8 Å². The van der Waals surface area contributed by atoms with Gasteiger partial charge in [0.2, 0.25) is 0 Å². The van der Waals surface area contributed by atoms with Gasteiger partial charge in [0.1, 0.15) is 44.8 Å². The molecule has 6 aromatic heterocycles. The van der Waals surface area contributed by atoms with E-state index in [-0.39, 0.29) is 46.0 Å². The molecule has 10 rings (SSSR count). The number of rotatable bonds is 0. The maximum atomic E-state index is 7.60. The summed E-state index contributed by atoms with van der Waals surface area (Å²) in [5, 5.41) is 0. The molecule has 0 aromatic carbocycles. The van der Waals surface area contributed by atoms with Crippen LogP contribution in [0.4, 0.5) is 11.6 Å². The van der Waals surface area contributed by atoms with Crippen molar-refractivity contribution in [2.45, 2.75) is 0 Å². The monoisotopic (exact) mass is 618 g/mol. The molecular weight excluding hydrogens is 611 g/mol. The van der Waals surface area contributed by atoms with Gasteiger partial charge in [-0.3, -0.25) is 8.47 Å². The van der Waals surface area contributed by atoms with Crippen LogP contribution in [-0.2, 0) is 0 Å². The van der Waals surface area contributed by atoms with Gasteiger partial charge in [0.25, 0.3) is 0 Å². The lowest BCUT2D eigenvalue weighted by Gasteiger charge is -2.23. The second-order valence-electron chi connectivity index (χ2n) is 9.45. The lowest BCUT2D eigenvalue weighted by molar-refractivity contribution is 0.967. The molecule has 16 nitrogen and oxygen atoms in total. The summed E-state index contributed by atoms with van der Waals surface area (Å²) < 4.78 is 3.23. The molecule has 6 aromatic rings. The third kappa shape index (κ3) is 2.89. The zero-order valence-electron chi connectivity index (χ0n) is 21.0. The van der Waals surface area contributed by atoms with E-state index in [9.17, 15) is 0 Å². The van der Waals surface area contributed by atoms with Crippen molar-refractivity contribution in [3.8, 4) is 0 Å². The molecule has 0 unspecified atom stereocenters. The molecule has 0 saturated carbocycles. The molecule has 0 spiro atoms. The number of nitrogens with zero attached hydrogens (tertiary/aromatic N) is 16. The van der Waals surface area contributed by atoms with Gasteiger partial charge in [-0.2, -0.15) is 0 Å². The number of hydrogen-bond donors (Lipinski definition) is 0. The highest BCUT2D eigenvalue weighted by Crippen LogP contribution is 2.42. The predicted octanol–water partition coefficient (Wildman–Crippen LogP) is 1.01. The van der Waals surface area contributed by atoms with Gasteiger partial charge < -0.3 is 0 Å². The normalized spacial score (nSPS) is 16.8. The number of amidine groups is 4. The molecule has 0 fully saturated rings. The third-order valence-corrected chi connectivity index (χ3v) is 11.1. The highest BCUT2D eigenvalue weighted by molar-refractivity contribution is 7.44. The van der Waals surface area contributed by atoms with Crippen molar-refractivity contribution in [1.29, 1.82) is 0 Å². The van der Waals surface area contributed by atoms with Crippen molar-refractivity contribution in [1.82, 2.24) is 48.3 Å². The Morgan fingerprint density at radius 2 is 0.744 bits per heavy atom. The van der Waals surface area contributed by atoms with Crippen LogP contribution in [-0.4, -0.2) is 78.7 Å². The van der Waals surface area contributed by atoms with Crippen LogP contribution in [0.5, 0.6) is 0 Å². The SMILES string of the molecule is Cl[Si]1(Cl)n2c3c4nccnc4c2N=C2N=C(N=c4c5nccnc5c(n41)=NC1=NC(=N3)c3nccnc31)c1nccnc12. The van der Waals surface area contributed by atoms with E-state index in [1.807, 2.05) is 0 Å². The van der Waals surface area contributed by atoms with Gasteiger partial charge in [0.15, 0.2) is 46.0 Å². The first-order chi connectivity index (χ1) is 21.1. The molecule has 6 bridgehead atoms. The molecule has 202 valence electrons.